The van der Waals surface area contributed by atoms with E-state index >= 15 is 0 Å². The van der Waals surface area contributed by atoms with Gasteiger partial charge >= 0.3 is 31.1 Å². The van der Waals surface area contributed by atoms with E-state index in [1.165, 1.54) is 5.56 Å². The maximum Gasteiger partial charge on any atom is 2.00 e. The average molecular weight is 765 g/mol. The summed E-state index contributed by atoms with van der Waals surface area (Å²) in [5, 5.41) is 0. The van der Waals surface area contributed by atoms with Gasteiger partial charge in [-0.25, -0.2) is 22.1 Å². The van der Waals surface area contributed by atoms with Crippen LogP contribution in [0.25, 0.3) is 11.8 Å². The molecule has 0 aliphatic carbocycles. The molecule has 2 heterocycles. The van der Waals surface area contributed by atoms with Crippen LogP contribution >= 0.6 is 0 Å². The van der Waals surface area contributed by atoms with Gasteiger partial charge in [0, 0.05) is 24.5 Å². The molecule has 1 aliphatic rings. The molecule has 0 amide bonds. The first-order valence-electron chi connectivity index (χ1n) is 14.5. The third kappa shape index (κ3) is 12.0. The van der Waals surface area contributed by atoms with Crippen molar-refractivity contribution >= 4 is 17.6 Å². The molecule has 2 aromatic rings. The van der Waals surface area contributed by atoms with Gasteiger partial charge in [0.15, 0.2) is 0 Å². The van der Waals surface area contributed by atoms with E-state index in [9.17, 15) is 0 Å². The van der Waals surface area contributed by atoms with Crippen LogP contribution in [0, 0.1) is 43.3 Å². The summed E-state index contributed by atoms with van der Waals surface area (Å²) < 4.78 is 5.56. The number of benzene rings is 1. The summed E-state index contributed by atoms with van der Waals surface area (Å²) in [5.41, 5.74) is 5.72. The monoisotopic (exact) mass is 764 g/mol. The normalized spacial score (nSPS) is 15.1. The van der Waals surface area contributed by atoms with Crippen molar-refractivity contribution in [1.29, 1.82) is 0 Å². The smallest absolute Gasteiger partial charge is 0.398 e. The predicted molar refractivity (Wildman–Crippen MR) is 166 cm³/mol. The Morgan fingerprint density at radius 1 is 1.15 bits per heavy atom. The molecule has 1 aromatic heterocycles. The van der Waals surface area contributed by atoms with Gasteiger partial charge in [-0.15, -0.1) is 24.3 Å². The van der Waals surface area contributed by atoms with Gasteiger partial charge in [-0.2, -0.15) is 11.3 Å². The Bertz CT molecular complexity index is 1210. The van der Waals surface area contributed by atoms with E-state index in [0.29, 0.717) is 18.8 Å². The SMILES string of the molecule is CC.C\C=C/C([C-]=Cc1[c-]c(N2CCOCC2)nc(=N/C(=C\CC)c2ccccc2CCC)[nH]1)=C\C=C\CC.[U+2]. The number of rotatable bonds is 11. The second-order valence-electron chi connectivity index (χ2n) is 8.79. The fourth-order valence-electron chi connectivity index (χ4n) is 4.05. The van der Waals surface area contributed by atoms with Gasteiger partial charge in [0.05, 0.1) is 18.9 Å². The van der Waals surface area contributed by atoms with Gasteiger partial charge in [-0.05, 0) is 24.8 Å². The largest absolute Gasteiger partial charge is 2.00 e. The fraction of sp³-hybridized carbons (Fsp3) is 0.412. The van der Waals surface area contributed by atoms with Crippen LogP contribution in [0.1, 0.15) is 77.6 Å². The van der Waals surface area contributed by atoms with Crippen LogP contribution in [0.5, 0.6) is 0 Å². The number of ether oxygens (including phenoxy) is 1. The van der Waals surface area contributed by atoms with E-state index in [0.717, 1.165) is 67.1 Å². The fourth-order valence-corrected chi connectivity index (χ4v) is 4.05. The molecule has 1 aromatic carbocycles. The maximum atomic E-state index is 5.56. The number of allylic oxidation sites excluding steroid dienone is 8. The molecule has 5 nitrogen and oxygen atoms in total. The molecular weight excluding hydrogens is 718 g/mol. The molecular formula is C34H46N4OU. The van der Waals surface area contributed by atoms with Gasteiger partial charge in [0.2, 0.25) is 5.62 Å². The zero-order valence-electron chi connectivity index (χ0n) is 25.3. The van der Waals surface area contributed by atoms with E-state index in [1.807, 2.05) is 39.0 Å². The van der Waals surface area contributed by atoms with Gasteiger partial charge in [-0.1, -0.05) is 84.4 Å². The number of aromatic nitrogens is 2. The molecule has 1 fully saturated rings. The number of hydrogen-bond acceptors (Lipinski definition) is 4. The quantitative estimate of drug-likeness (QED) is 0.189. The molecule has 0 bridgehead atoms. The maximum absolute atomic E-state index is 5.56. The Morgan fingerprint density at radius 3 is 2.58 bits per heavy atom. The molecule has 0 radical (unpaired) electrons. The molecule has 0 saturated carbocycles. The van der Waals surface area contributed by atoms with Crippen molar-refractivity contribution in [3.63, 3.8) is 0 Å². The first-order valence-corrected chi connectivity index (χ1v) is 14.5. The summed E-state index contributed by atoms with van der Waals surface area (Å²) in [4.78, 5) is 15.5. The van der Waals surface area contributed by atoms with Crippen molar-refractivity contribution in [2.45, 2.75) is 67.2 Å². The minimum atomic E-state index is 0. The summed E-state index contributed by atoms with van der Waals surface area (Å²) in [6.45, 7) is 15.4. The van der Waals surface area contributed by atoms with E-state index in [4.69, 9.17) is 14.7 Å². The van der Waals surface area contributed by atoms with Crippen molar-refractivity contribution in [1.82, 2.24) is 9.97 Å². The zero-order chi connectivity index (χ0) is 28.3. The summed E-state index contributed by atoms with van der Waals surface area (Å²) in [6.07, 6.45) is 21.8. The minimum absolute atomic E-state index is 0. The standard InChI is InChI=1S/C32H40N4O.C2H6.U/c1-5-9-10-16-26(13-6-2)19-20-28-25-31(36-21-23-37-24-22-36)35-32(33-28)34-30(15-8-4)29-18-12-11-17-27(29)14-7-3;1-2;/h6,9-13,15-18,20H,5,7-8,14,21-24H2,1-4H3,(H,33,34,35);1-2H3;/q-2;;+2/b10-9+,13-6-,26-16+,30-15-;;. The number of aryl methyl sites for hydroxylation is 1. The van der Waals surface area contributed by atoms with Gasteiger partial charge in [0.25, 0.3) is 0 Å². The van der Waals surface area contributed by atoms with Crippen LogP contribution in [0.4, 0.5) is 5.82 Å². The van der Waals surface area contributed by atoms with Crippen LogP contribution in [0.2, 0.25) is 0 Å². The molecule has 3 rings (SSSR count). The van der Waals surface area contributed by atoms with Crippen molar-refractivity contribution in [2.24, 2.45) is 4.99 Å². The minimum Gasteiger partial charge on any atom is -0.398 e. The number of nitrogens with zero attached hydrogens (tertiary/aromatic N) is 3. The van der Waals surface area contributed by atoms with Crippen LogP contribution in [-0.2, 0) is 11.2 Å². The Labute approximate surface area is 266 Å². The summed E-state index contributed by atoms with van der Waals surface area (Å²) in [5.74, 6) is 0.772. The molecule has 1 saturated heterocycles. The Kier molecular flexibility index (Phi) is 19.0. The van der Waals surface area contributed by atoms with E-state index in [1.54, 1.807) is 0 Å². The molecule has 212 valence electrons. The molecule has 0 atom stereocenters. The van der Waals surface area contributed by atoms with E-state index < -0.39 is 0 Å². The van der Waals surface area contributed by atoms with Crippen LogP contribution in [0.3, 0.4) is 0 Å². The van der Waals surface area contributed by atoms with Crippen LogP contribution in [-0.4, -0.2) is 36.3 Å². The number of morpholine rings is 1. The molecule has 1 N–H and O–H groups in total. The summed E-state index contributed by atoms with van der Waals surface area (Å²) in [6, 6.07) is 12.0. The number of H-pyrrole nitrogens is 1. The second kappa shape index (κ2) is 21.4. The third-order valence-corrected chi connectivity index (χ3v) is 5.83. The first-order chi connectivity index (χ1) is 19.2. The molecule has 6 heteroatoms. The van der Waals surface area contributed by atoms with Crippen molar-refractivity contribution in [3.8, 4) is 0 Å². The summed E-state index contributed by atoms with van der Waals surface area (Å²) >= 11 is 0. The number of aromatic amines is 1. The summed E-state index contributed by atoms with van der Waals surface area (Å²) in [7, 11) is 0. The predicted octanol–water partition coefficient (Wildman–Crippen LogP) is 7.66. The van der Waals surface area contributed by atoms with Crippen LogP contribution in [0.15, 0.2) is 71.3 Å². The van der Waals surface area contributed by atoms with Crippen molar-refractivity contribution in [2.75, 3.05) is 31.2 Å². The Balaban J connectivity index is 0.00000261. The van der Waals surface area contributed by atoms with E-state index in [-0.39, 0.29) is 31.1 Å². The Hall–Kier alpha value is -2.39. The average Bonchev–Trinajstić information content (AvgIpc) is 2.98. The van der Waals surface area contributed by atoms with Crippen LogP contribution < -0.4 is 10.5 Å². The van der Waals surface area contributed by atoms with Crippen molar-refractivity contribution < 1.29 is 35.9 Å². The molecule has 40 heavy (non-hydrogen) atoms. The van der Waals surface area contributed by atoms with Gasteiger partial charge in [0.1, 0.15) is 0 Å². The van der Waals surface area contributed by atoms with Crippen molar-refractivity contribution in [3.05, 3.63) is 101 Å². The number of anilines is 1. The number of nitrogens with one attached hydrogen (secondary N) is 1. The molecule has 0 unspecified atom stereocenters. The topological polar surface area (TPSA) is 53.5 Å². The zero-order valence-corrected chi connectivity index (χ0v) is 29.4. The first kappa shape index (κ1) is 35.6. The molecule has 0 spiro atoms. The Morgan fingerprint density at radius 2 is 1.90 bits per heavy atom. The second-order valence-corrected chi connectivity index (χ2v) is 8.79. The van der Waals surface area contributed by atoms with E-state index in [2.05, 4.69) is 91.4 Å². The number of hydrogen-bond donors (Lipinski definition) is 1. The third-order valence-electron chi connectivity index (χ3n) is 5.83. The van der Waals surface area contributed by atoms with Gasteiger partial charge in [-0.3, -0.25) is 6.08 Å². The molecule has 1 aliphatic heterocycles. The van der Waals surface area contributed by atoms with Gasteiger partial charge < -0.3 is 14.6 Å².